The van der Waals surface area contributed by atoms with Crippen molar-refractivity contribution in [3.05, 3.63) is 22.5 Å². The highest BCUT2D eigenvalue weighted by molar-refractivity contribution is 6.31. The Kier molecular flexibility index (Phi) is 6.27. The summed E-state index contributed by atoms with van der Waals surface area (Å²) in [5.41, 5.74) is 1.65. The molecule has 0 radical (unpaired) electrons. The molecule has 0 fully saturated rings. The molecule has 1 amide bonds. The van der Waals surface area contributed by atoms with E-state index in [9.17, 15) is 4.79 Å². The number of halogens is 1. The summed E-state index contributed by atoms with van der Waals surface area (Å²) in [5, 5.41) is 7.83. The molecule has 0 aliphatic heterocycles. The molecule has 1 aromatic rings. The molecule has 5 heteroatoms. The number of amides is 1. The Morgan fingerprint density at radius 1 is 1.35 bits per heavy atom. The summed E-state index contributed by atoms with van der Waals surface area (Å²) < 4.78 is 1.78. The van der Waals surface area contributed by atoms with Crippen molar-refractivity contribution in [2.24, 2.45) is 11.8 Å². The second kappa shape index (κ2) is 7.48. The van der Waals surface area contributed by atoms with Crippen LogP contribution in [0.1, 0.15) is 39.0 Å². The van der Waals surface area contributed by atoms with E-state index in [1.165, 1.54) is 6.08 Å². The van der Waals surface area contributed by atoms with Crippen LogP contribution < -0.4 is 5.32 Å². The smallest absolute Gasteiger partial charge is 0.244 e. The molecule has 0 bridgehead atoms. The van der Waals surface area contributed by atoms with E-state index >= 15 is 0 Å². The second-order valence-electron chi connectivity index (χ2n) is 5.84. The predicted molar refractivity (Wildman–Crippen MR) is 83.7 cm³/mol. The first-order valence-corrected chi connectivity index (χ1v) is 7.37. The standard InChI is InChI=1S/C15H24ClN3O/c1-10(2)8-17-14(20)7-6-13-12(5)18-19(15(13)16)9-11(3)4/h6-7,10-11H,8-9H2,1-5H3,(H,17,20)/b7-6+. The molecule has 0 aromatic carbocycles. The van der Waals surface area contributed by atoms with Crippen molar-refractivity contribution in [2.45, 2.75) is 41.2 Å². The number of rotatable bonds is 6. The van der Waals surface area contributed by atoms with Gasteiger partial charge in [-0.25, -0.2) is 0 Å². The van der Waals surface area contributed by atoms with Gasteiger partial charge in [0.1, 0.15) is 5.15 Å². The van der Waals surface area contributed by atoms with Crippen molar-refractivity contribution >= 4 is 23.6 Å². The Hall–Kier alpha value is -1.29. The van der Waals surface area contributed by atoms with Crippen LogP contribution in [0.5, 0.6) is 0 Å². The van der Waals surface area contributed by atoms with E-state index in [1.54, 1.807) is 10.8 Å². The summed E-state index contributed by atoms with van der Waals surface area (Å²) in [7, 11) is 0. The van der Waals surface area contributed by atoms with E-state index in [0.29, 0.717) is 23.5 Å². The van der Waals surface area contributed by atoms with Crippen LogP contribution in [-0.4, -0.2) is 22.2 Å². The molecular weight excluding hydrogens is 274 g/mol. The Labute approximate surface area is 126 Å². The summed E-state index contributed by atoms with van der Waals surface area (Å²) in [4.78, 5) is 11.7. The minimum absolute atomic E-state index is 0.106. The van der Waals surface area contributed by atoms with Crippen molar-refractivity contribution in [1.29, 1.82) is 0 Å². The number of carbonyl (C=O) groups is 1. The number of hydrogen-bond donors (Lipinski definition) is 1. The SMILES string of the molecule is Cc1nn(CC(C)C)c(Cl)c1/C=C/C(=O)NCC(C)C. The van der Waals surface area contributed by atoms with Gasteiger partial charge in [0.05, 0.1) is 5.69 Å². The zero-order valence-electron chi connectivity index (χ0n) is 12.9. The lowest BCUT2D eigenvalue weighted by molar-refractivity contribution is -0.116. The van der Waals surface area contributed by atoms with Gasteiger partial charge >= 0.3 is 0 Å². The van der Waals surface area contributed by atoms with Gasteiger partial charge in [0, 0.05) is 24.7 Å². The van der Waals surface area contributed by atoms with Crippen LogP contribution in [0.25, 0.3) is 6.08 Å². The van der Waals surface area contributed by atoms with Crippen LogP contribution in [-0.2, 0) is 11.3 Å². The average molecular weight is 298 g/mol. The second-order valence-corrected chi connectivity index (χ2v) is 6.20. The summed E-state index contributed by atoms with van der Waals surface area (Å²) in [6.45, 7) is 11.7. The number of nitrogens with zero attached hydrogens (tertiary/aromatic N) is 2. The fraction of sp³-hybridized carbons (Fsp3) is 0.600. The molecular formula is C15H24ClN3O. The van der Waals surface area contributed by atoms with Crippen LogP contribution in [0.3, 0.4) is 0 Å². The lowest BCUT2D eigenvalue weighted by Gasteiger charge is -2.05. The molecule has 0 saturated heterocycles. The van der Waals surface area contributed by atoms with Gasteiger partial charge in [-0.15, -0.1) is 0 Å². The Morgan fingerprint density at radius 2 is 2.00 bits per heavy atom. The normalized spacial score (nSPS) is 11.8. The molecule has 1 N–H and O–H groups in total. The molecule has 1 rings (SSSR count). The molecule has 0 atom stereocenters. The van der Waals surface area contributed by atoms with Gasteiger partial charge in [0.25, 0.3) is 0 Å². The molecule has 112 valence electrons. The molecule has 0 unspecified atom stereocenters. The van der Waals surface area contributed by atoms with Crippen molar-refractivity contribution in [3.63, 3.8) is 0 Å². The third-order valence-corrected chi connectivity index (χ3v) is 3.13. The highest BCUT2D eigenvalue weighted by Crippen LogP contribution is 2.22. The number of nitrogens with one attached hydrogen (secondary N) is 1. The molecule has 20 heavy (non-hydrogen) atoms. The fourth-order valence-electron chi connectivity index (χ4n) is 1.75. The highest BCUT2D eigenvalue weighted by atomic mass is 35.5. The molecule has 4 nitrogen and oxygen atoms in total. The minimum Gasteiger partial charge on any atom is -0.352 e. The van der Waals surface area contributed by atoms with Crippen molar-refractivity contribution in [2.75, 3.05) is 6.54 Å². The molecule has 0 aliphatic carbocycles. The van der Waals surface area contributed by atoms with Crippen molar-refractivity contribution < 1.29 is 4.79 Å². The third-order valence-electron chi connectivity index (χ3n) is 2.73. The maximum Gasteiger partial charge on any atom is 0.244 e. The Morgan fingerprint density at radius 3 is 2.55 bits per heavy atom. The summed E-state index contributed by atoms with van der Waals surface area (Å²) in [6.07, 6.45) is 3.25. The maximum absolute atomic E-state index is 11.7. The average Bonchev–Trinajstić information content (AvgIpc) is 2.59. The number of aryl methyl sites for hydroxylation is 1. The fourth-order valence-corrected chi connectivity index (χ4v) is 2.05. The molecule has 0 aliphatic rings. The van der Waals surface area contributed by atoms with Crippen LogP contribution in [0.2, 0.25) is 5.15 Å². The third kappa shape index (κ3) is 5.00. The first-order valence-electron chi connectivity index (χ1n) is 7.00. The number of aromatic nitrogens is 2. The first kappa shape index (κ1) is 16.8. The molecule has 0 spiro atoms. The number of hydrogen-bond acceptors (Lipinski definition) is 2. The van der Waals surface area contributed by atoms with E-state index in [2.05, 4.69) is 38.1 Å². The Balaban J connectivity index is 2.77. The first-order chi connectivity index (χ1) is 9.31. The van der Waals surface area contributed by atoms with Gasteiger partial charge < -0.3 is 5.32 Å². The van der Waals surface area contributed by atoms with Gasteiger partial charge in [-0.3, -0.25) is 9.48 Å². The highest BCUT2D eigenvalue weighted by Gasteiger charge is 2.12. The summed E-state index contributed by atoms with van der Waals surface area (Å²) >= 11 is 6.30. The maximum atomic E-state index is 11.7. The number of carbonyl (C=O) groups excluding carboxylic acids is 1. The van der Waals surface area contributed by atoms with E-state index < -0.39 is 0 Å². The van der Waals surface area contributed by atoms with Gasteiger partial charge in [-0.2, -0.15) is 5.10 Å². The molecule has 1 aromatic heterocycles. The minimum atomic E-state index is -0.106. The van der Waals surface area contributed by atoms with E-state index in [1.807, 2.05) is 6.92 Å². The van der Waals surface area contributed by atoms with Crippen LogP contribution in [0.15, 0.2) is 6.08 Å². The topological polar surface area (TPSA) is 46.9 Å². The van der Waals surface area contributed by atoms with Gasteiger partial charge in [-0.05, 0) is 24.8 Å². The van der Waals surface area contributed by atoms with Crippen molar-refractivity contribution in [3.8, 4) is 0 Å². The lowest BCUT2D eigenvalue weighted by atomic mass is 10.2. The van der Waals surface area contributed by atoms with Crippen LogP contribution in [0, 0.1) is 18.8 Å². The van der Waals surface area contributed by atoms with Crippen LogP contribution >= 0.6 is 11.6 Å². The monoisotopic (exact) mass is 297 g/mol. The van der Waals surface area contributed by atoms with E-state index in [-0.39, 0.29) is 5.91 Å². The quantitative estimate of drug-likeness (QED) is 0.819. The van der Waals surface area contributed by atoms with Crippen molar-refractivity contribution in [1.82, 2.24) is 15.1 Å². The Bertz CT molecular complexity index is 490. The molecule has 1 heterocycles. The lowest BCUT2D eigenvalue weighted by Crippen LogP contribution is -2.25. The van der Waals surface area contributed by atoms with E-state index in [4.69, 9.17) is 11.6 Å². The summed E-state index contributed by atoms with van der Waals surface area (Å²) in [5.74, 6) is 0.801. The molecule has 0 saturated carbocycles. The van der Waals surface area contributed by atoms with Crippen LogP contribution in [0.4, 0.5) is 0 Å². The largest absolute Gasteiger partial charge is 0.352 e. The zero-order valence-corrected chi connectivity index (χ0v) is 13.7. The summed E-state index contributed by atoms with van der Waals surface area (Å²) in [6, 6.07) is 0. The van der Waals surface area contributed by atoms with Gasteiger partial charge in [0.2, 0.25) is 5.91 Å². The van der Waals surface area contributed by atoms with Gasteiger partial charge in [0.15, 0.2) is 0 Å². The van der Waals surface area contributed by atoms with Gasteiger partial charge in [-0.1, -0.05) is 39.3 Å². The van der Waals surface area contributed by atoms with E-state index in [0.717, 1.165) is 17.8 Å². The zero-order chi connectivity index (χ0) is 15.3. The predicted octanol–water partition coefficient (Wildman–Crippen LogP) is 3.29.